The molecule has 116 valence electrons. The molecule has 0 aromatic carbocycles. The van der Waals surface area contributed by atoms with E-state index in [1.807, 2.05) is 0 Å². The second kappa shape index (κ2) is 6.77. The third kappa shape index (κ3) is 3.56. The van der Waals surface area contributed by atoms with Crippen molar-refractivity contribution in [1.29, 1.82) is 0 Å². The van der Waals surface area contributed by atoms with Crippen molar-refractivity contribution in [3.8, 4) is 0 Å². The maximum Gasteiger partial charge on any atom is 0.291 e. The third-order valence-corrected chi connectivity index (χ3v) is 4.33. The molecule has 2 heterocycles. The van der Waals surface area contributed by atoms with Crippen LogP contribution in [0.15, 0.2) is 11.0 Å². The van der Waals surface area contributed by atoms with E-state index in [9.17, 15) is 4.79 Å². The smallest absolute Gasteiger partial charge is 0.291 e. The van der Waals surface area contributed by atoms with E-state index in [1.54, 1.807) is 0 Å². The highest BCUT2D eigenvalue weighted by Crippen LogP contribution is 2.27. The molecule has 0 amide bonds. The first kappa shape index (κ1) is 14.8. The predicted molar refractivity (Wildman–Crippen MR) is 79.9 cm³/mol. The lowest BCUT2D eigenvalue weighted by Gasteiger charge is -2.26. The zero-order chi connectivity index (χ0) is 14.7. The highest BCUT2D eigenvalue weighted by molar-refractivity contribution is 6.32. The quantitative estimate of drug-likeness (QED) is 0.893. The average Bonchev–Trinajstić information content (AvgIpc) is 2.45. The number of ether oxygens (including phenoxy) is 2. The number of anilines is 1. The van der Waals surface area contributed by atoms with Crippen LogP contribution < -0.4 is 10.9 Å². The van der Waals surface area contributed by atoms with Crippen LogP contribution in [0.3, 0.4) is 0 Å². The largest absolute Gasteiger partial charge is 0.377 e. The van der Waals surface area contributed by atoms with E-state index >= 15 is 0 Å². The first-order valence-corrected chi connectivity index (χ1v) is 7.80. The fourth-order valence-corrected chi connectivity index (χ4v) is 2.74. The number of hydrogen-bond donors (Lipinski definition) is 1. The zero-order valence-electron chi connectivity index (χ0n) is 11.9. The Morgan fingerprint density at radius 2 is 2.29 bits per heavy atom. The Morgan fingerprint density at radius 3 is 2.95 bits per heavy atom. The third-order valence-electron chi connectivity index (χ3n) is 4.04. The van der Waals surface area contributed by atoms with E-state index in [2.05, 4.69) is 10.4 Å². The highest BCUT2D eigenvalue weighted by Gasteiger charge is 2.21. The average molecular weight is 314 g/mol. The fraction of sp³-hybridized carbons (Fsp3) is 0.714. The number of aromatic nitrogens is 2. The van der Waals surface area contributed by atoms with Crippen LogP contribution in [0.25, 0.3) is 0 Å². The number of hydrogen-bond acceptors (Lipinski definition) is 5. The summed E-state index contributed by atoms with van der Waals surface area (Å²) in [7, 11) is 0. The minimum atomic E-state index is -0.161. The molecule has 0 bridgehead atoms. The van der Waals surface area contributed by atoms with Crippen LogP contribution in [0, 0.1) is 5.92 Å². The van der Waals surface area contributed by atoms with E-state index in [-0.39, 0.29) is 11.7 Å². The lowest BCUT2D eigenvalue weighted by Crippen LogP contribution is -2.36. The maximum absolute atomic E-state index is 12.4. The van der Waals surface area contributed by atoms with Gasteiger partial charge >= 0.3 is 0 Å². The Bertz CT molecular complexity index is 539. The van der Waals surface area contributed by atoms with Crippen molar-refractivity contribution >= 4 is 17.3 Å². The molecule has 1 aromatic heterocycles. The van der Waals surface area contributed by atoms with Gasteiger partial charge in [-0.05, 0) is 18.8 Å². The maximum atomic E-state index is 12.4. The number of nitrogens with one attached hydrogen (secondary N) is 1. The van der Waals surface area contributed by atoms with Crippen molar-refractivity contribution in [1.82, 2.24) is 9.78 Å². The van der Waals surface area contributed by atoms with Gasteiger partial charge in [-0.2, -0.15) is 5.10 Å². The van der Waals surface area contributed by atoms with Gasteiger partial charge in [0.2, 0.25) is 0 Å². The second-order valence-electron chi connectivity index (χ2n) is 5.60. The van der Waals surface area contributed by atoms with Gasteiger partial charge in [-0.15, -0.1) is 0 Å². The molecule has 1 N–H and O–H groups in total. The lowest BCUT2D eigenvalue weighted by atomic mass is 9.85. The molecule has 0 radical (unpaired) electrons. The van der Waals surface area contributed by atoms with E-state index in [4.69, 9.17) is 21.1 Å². The van der Waals surface area contributed by atoms with Crippen molar-refractivity contribution in [3.63, 3.8) is 0 Å². The van der Waals surface area contributed by atoms with Crippen molar-refractivity contribution in [2.45, 2.75) is 31.9 Å². The van der Waals surface area contributed by atoms with Gasteiger partial charge in [0, 0.05) is 13.1 Å². The second-order valence-corrected chi connectivity index (χ2v) is 6.01. The summed E-state index contributed by atoms with van der Waals surface area (Å²) < 4.78 is 12.4. The number of rotatable bonds is 5. The van der Waals surface area contributed by atoms with Gasteiger partial charge in [0.1, 0.15) is 5.69 Å². The lowest BCUT2D eigenvalue weighted by molar-refractivity contribution is -0.0819. The fourth-order valence-electron chi connectivity index (χ4n) is 2.55. The zero-order valence-corrected chi connectivity index (χ0v) is 12.6. The van der Waals surface area contributed by atoms with Gasteiger partial charge in [0.15, 0.2) is 0 Å². The van der Waals surface area contributed by atoms with Crippen LogP contribution in [0.4, 0.5) is 5.69 Å². The summed E-state index contributed by atoms with van der Waals surface area (Å²) in [6.45, 7) is 2.92. The predicted octanol–water partition coefficient (Wildman–Crippen LogP) is 1.52. The molecule has 3 rings (SSSR count). The standard InChI is InChI=1S/C14H20ClN3O3/c15-12-7-17-18(8-10-2-1-3-10)14(19)13(12)16-6-11-9-20-4-5-21-11/h7,10-11,16H,1-6,8-9H2. The molecule has 7 heteroatoms. The van der Waals surface area contributed by atoms with Crippen LogP contribution >= 0.6 is 11.6 Å². The molecule has 1 saturated heterocycles. The Balaban J connectivity index is 1.67. The van der Waals surface area contributed by atoms with Gasteiger partial charge in [-0.3, -0.25) is 4.79 Å². The number of nitrogens with zero attached hydrogens (tertiary/aromatic N) is 2. The SMILES string of the molecule is O=c1c(NCC2COCCO2)c(Cl)cnn1CC1CCC1. The summed E-state index contributed by atoms with van der Waals surface area (Å²) in [5.74, 6) is 0.569. The van der Waals surface area contributed by atoms with Crippen LogP contribution in [0.5, 0.6) is 0 Å². The molecule has 21 heavy (non-hydrogen) atoms. The minimum Gasteiger partial charge on any atom is -0.377 e. The van der Waals surface area contributed by atoms with E-state index in [0.29, 0.717) is 49.5 Å². The minimum absolute atomic E-state index is 0.0533. The Labute approximate surface area is 128 Å². The normalized spacial score (nSPS) is 22.8. The Kier molecular flexibility index (Phi) is 4.77. The van der Waals surface area contributed by atoms with E-state index in [1.165, 1.54) is 30.1 Å². The number of halogens is 1. The molecular formula is C14H20ClN3O3. The molecule has 1 aliphatic heterocycles. The molecular weight excluding hydrogens is 294 g/mol. The summed E-state index contributed by atoms with van der Waals surface area (Å²) in [5, 5.41) is 7.57. The van der Waals surface area contributed by atoms with Crippen LogP contribution in [0.1, 0.15) is 19.3 Å². The molecule has 2 aliphatic rings. The summed E-state index contributed by atoms with van der Waals surface area (Å²) in [5.41, 5.74) is 0.242. The molecule has 1 atom stereocenters. The molecule has 1 saturated carbocycles. The van der Waals surface area contributed by atoms with Crippen LogP contribution in [0.2, 0.25) is 5.02 Å². The van der Waals surface area contributed by atoms with Gasteiger partial charge in [-0.25, -0.2) is 4.68 Å². The van der Waals surface area contributed by atoms with Crippen LogP contribution in [-0.2, 0) is 16.0 Å². The molecule has 1 aliphatic carbocycles. The topological polar surface area (TPSA) is 65.4 Å². The first-order valence-electron chi connectivity index (χ1n) is 7.43. The van der Waals surface area contributed by atoms with E-state index in [0.717, 1.165) is 0 Å². The van der Waals surface area contributed by atoms with Gasteiger partial charge in [0.05, 0.1) is 37.1 Å². The summed E-state index contributed by atoms with van der Waals surface area (Å²) >= 11 is 6.09. The molecule has 1 aromatic rings. The Morgan fingerprint density at radius 1 is 1.43 bits per heavy atom. The van der Waals surface area contributed by atoms with Crippen molar-refractivity contribution in [2.24, 2.45) is 5.92 Å². The Hall–Kier alpha value is -1.11. The molecule has 2 fully saturated rings. The van der Waals surface area contributed by atoms with Crippen molar-refractivity contribution < 1.29 is 9.47 Å². The first-order chi connectivity index (χ1) is 10.2. The summed E-state index contributed by atoms with van der Waals surface area (Å²) in [6.07, 6.45) is 5.07. The van der Waals surface area contributed by atoms with Crippen molar-refractivity contribution in [2.75, 3.05) is 31.7 Å². The molecule has 1 unspecified atom stereocenters. The highest BCUT2D eigenvalue weighted by atomic mass is 35.5. The summed E-state index contributed by atoms with van der Waals surface area (Å²) in [4.78, 5) is 12.4. The van der Waals surface area contributed by atoms with E-state index < -0.39 is 0 Å². The van der Waals surface area contributed by atoms with Crippen molar-refractivity contribution in [3.05, 3.63) is 21.6 Å². The van der Waals surface area contributed by atoms with Gasteiger partial charge < -0.3 is 14.8 Å². The van der Waals surface area contributed by atoms with Gasteiger partial charge in [-0.1, -0.05) is 18.0 Å². The van der Waals surface area contributed by atoms with Crippen LogP contribution in [-0.4, -0.2) is 42.2 Å². The van der Waals surface area contributed by atoms with Gasteiger partial charge in [0.25, 0.3) is 5.56 Å². The molecule has 6 nitrogen and oxygen atoms in total. The monoisotopic (exact) mass is 313 g/mol. The molecule has 0 spiro atoms. The summed E-state index contributed by atoms with van der Waals surface area (Å²) in [6, 6.07) is 0.